The van der Waals surface area contributed by atoms with Crippen LogP contribution in [0.5, 0.6) is 11.5 Å². The van der Waals surface area contributed by atoms with E-state index < -0.39 is 5.97 Å². The zero-order chi connectivity index (χ0) is 23.5. The summed E-state index contributed by atoms with van der Waals surface area (Å²) < 4.78 is 11.2. The van der Waals surface area contributed by atoms with Crippen molar-refractivity contribution in [1.82, 2.24) is 0 Å². The Morgan fingerprint density at radius 1 is 0.848 bits per heavy atom. The van der Waals surface area contributed by atoms with Crippen LogP contribution in [0, 0.1) is 0 Å². The van der Waals surface area contributed by atoms with Crippen LogP contribution in [0.15, 0.2) is 77.8 Å². The van der Waals surface area contributed by atoms with Crippen molar-refractivity contribution >= 4 is 17.9 Å². The molecule has 0 unspecified atom stereocenters. The van der Waals surface area contributed by atoms with Gasteiger partial charge in [0, 0.05) is 6.21 Å². The number of carbonyl (C=O) groups excluding carboxylic acids is 1. The molecule has 0 radical (unpaired) electrons. The van der Waals surface area contributed by atoms with E-state index in [4.69, 9.17) is 9.47 Å². The number of benzene rings is 3. The first-order chi connectivity index (χ1) is 16.0. The monoisotopic (exact) mass is 443 g/mol. The van der Waals surface area contributed by atoms with Gasteiger partial charge in [0.2, 0.25) is 0 Å². The molecule has 0 spiro atoms. The number of hydrogen-bond acceptors (Lipinski definition) is 4. The Labute approximate surface area is 197 Å². The fraction of sp³-hybridized carbons (Fsp3) is 0.310. The quantitative estimate of drug-likeness (QED) is 0.132. The lowest BCUT2D eigenvalue weighted by molar-refractivity contribution is 0.0734. The molecule has 3 aromatic rings. The number of aliphatic imine (C=N–C) groups is 1. The molecule has 0 aliphatic heterocycles. The molecule has 3 rings (SSSR count). The van der Waals surface area contributed by atoms with Gasteiger partial charge in [-0.25, -0.2) is 4.79 Å². The fourth-order valence-electron chi connectivity index (χ4n) is 3.29. The van der Waals surface area contributed by atoms with Gasteiger partial charge in [-0.05, 0) is 84.1 Å². The lowest BCUT2D eigenvalue weighted by Crippen LogP contribution is -2.08. The number of rotatable bonds is 11. The van der Waals surface area contributed by atoms with Gasteiger partial charge in [-0.1, -0.05) is 52.2 Å². The molecule has 0 N–H and O–H groups in total. The van der Waals surface area contributed by atoms with Crippen molar-refractivity contribution in [1.29, 1.82) is 0 Å². The molecule has 0 heterocycles. The van der Waals surface area contributed by atoms with E-state index in [0.717, 1.165) is 23.4 Å². The van der Waals surface area contributed by atoms with E-state index in [0.29, 0.717) is 23.8 Å². The molecular weight excluding hydrogens is 410 g/mol. The van der Waals surface area contributed by atoms with Crippen LogP contribution in [0.3, 0.4) is 0 Å². The zero-order valence-corrected chi connectivity index (χ0v) is 19.8. The van der Waals surface area contributed by atoms with Crippen molar-refractivity contribution in [2.45, 2.75) is 52.4 Å². The van der Waals surface area contributed by atoms with Gasteiger partial charge >= 0.3 is 5.97 Å². The maximum absolute atomic E-state index is 12.4. The molecule has 0 amide bonds. The van der Waals surface area contributed by atoms with Crippen molar-refractivity contribution in [3.63, 3.8) is 0 Å². The summed E-state index contributed by atoms with van der Waals surface area (Å²) in [6.07, 6.45) is 6.46. The third kappa shape index (κ3) is 7.90. The highest BCUT2D eigenvalue weighted by Crippen LogP contribution is 2.20. The van der Waals surface area contributed by atoms with Crippen molar-refractivity contribution in [2.24, 2.45) is 4.99 Å². The van der Waals surface area contributed by atoms with E-state index in [2.05, 4.69) is 37.9 Å². The minimum atomic E-state index is -0.392. The lowest BCUT2D eigenvalue weighted by Gasteiger charge is -2.08. The Balaban J connectivity index is 1.50. The number of unbranched alkanes of at least 4 members (excludes halogenated alkanes) is 3. The largest absolute Gasteiger partial charge is 0.494 e. The maximum atomic E-state index is 12.4. The third-order valence-corrected chi connectivity index (χ3v) is 5.37. The Morgan fingerprint density at radius 2 is 1.52 bits per heavy atom. The topological polar surface area (TPSA) is 47.9 Å². The van der Waals surface area contributed by atoms with E-state index >= 15 is 0 Å². The normalized spacial score (nSPS) is 11.2. The van der Waals surface area contributed by atoms with Gasteiger partial charge in [0.25, 0.3) is 0 Å². The summed E-state index contributed by atoms with van der Waals surface area (Å²) in [7, 11) is 0. The van der Waals surface area contributed by atoms with Crippen LogP contribution in [0.4, 0.5) is 5.69 Å². The average molecular weight is 444 g/mol. The number of hydrogen-bond donors (Lipinski definition) is 0. The summed E-state index contributed by atoms with van der Waals surface area (Å²) in [4.78, 5) is 17.0. The van der Waals surface area contributed by atoms with Crippen LogP contribution in [0.2, 0.25) is 0 Å². The summed E-state index contributed by atoms with van der Waals surface area (Å²) in [5.74, 6) is 1.38. The molecule has 0 saturated carbocycles. The Kier molecular flexibility index (Phi) is 9.25. The number of nitrogens with zero attached hydrogens (tertiary/aromatic N) is 1. The Hall–Kier alpha value is -3.40. The number of esters is 1. The first-order valence-corrected chi connectivity index (χ1v) is 11.7. The van der Waals surface area contributed by atoms with Gasteiger partial charge < -0.3 is 9.47 Å². The Morgan fingerprint density at radius 3 is 2.15 bits per heavy atom. The lowest BCUT2D eigenvalue weighted by atomic mass is 10.0. The van der Waals surface area contributed by atoms with E-state index in [1.54, 1.807) is 30.5 Å². The van der Waals surface area contributed by atoms with Gasteiger partial charge in [0.15, 0.2) is 0 Å². The molecule has 0 aromatic heterocycles. The van der Waals surface area contributed by atoms with Crippen LogP contribution in [-0.4, -0.2) is 18.8 Å². The van der Waals surface area contributed by atoms with Crippen molar-refractivity contribution in [2.75, 3.05) is 6.61 Å². The average Bonchev–Trinajstić information content (AvgIpc) is 2.84. The first-order valence-electron chi connectivity index (χ1n) is 11.7. The SMILES string of the molecule is CCCCCCOc1ccc(C(=O)Oc2ccc(C=Nc3ccc(C(C)C)cc3)cc2)cc1. The van der Waals surface area contributed by atoms with Crippen LogP contribution >= 0.6 is 0 Å². The zero-order valence-electron chi connectivity index (χ0n) is 19.8. The number of ether oxygens (including phenoxy) is 2. The van der Waals surface area contributed by atoms with Gasteiger partial charge in [-0.3, -0.25) is 4.99 Å². The molecule has 33 heavy (non-hydrogen) atoms. The second-order valence-electron chi connectivity index (χ2n) is 8.40. The molecule has 0 fully saturated rings. The van der Waals surface area contributed by atoms with Crippen molar-refractivity contribution in [3.8, 4) is 11.5 Å². The molecule has 4 nitrogen and oxygen atoms in total. The highest BCUT2D eigenvalue weighted by Gasteiger charge is 2.09. The van der Waals surface area contributed by atoms with Crippen LogP contribution in [0.25, 0.3) is 0 Å². The Bertz CT molecular complexity index is 1020. The first kappa shape index (κ1) is 24.2. The fourth-order valence-corrected chi connectivity index (χ4v) is 3.29. The van der Waals surface area contributed by atoms with Crippen LogP contribution < -0.4 is 9.47 Å². The minimum Gasteiger partial charge on any atom is -0.494 e. The summed E-state index contributed by atoms with van der Waals surface area (Å²) in [6.45, 7) is 7.23. The van der Waals surface area contributed by atoms with Gasteiger partial charge in [-0.15, -0.1) is 0 Å². The molecular formula is C29H33NO3. The summed E-state index contributed by atoms with van der Waals surface area (Å²) in [5, 5.41) is 0. The molecule has 172 valence electrons. The molecule has 0 bridgehead atoms. The summed E-state index contributed by atoms with van der Waals surface area (Å²) >= 11 is 0. The standard InChI is InChI=1S/C29H33NO3/c1-4-5-6-7-20-32-27-18-12-25(13-19-27)29(31)33-28-16-8-23(9-17-28)21-30-26-14-10-24(11-15-26)22(2)3/h8-19,21-22H,4-7,20H2,1-3H3. The predicted molar refractivity (Wildman–Crippen MR) is 135 cm³/mol. The van der Waals surface area contributed by atoms with Gasteiger partial charge in [0.1, 0.15) is 11.5 Å². The van der Waals surface area contributed by atoms with Crippen LogP contribution in [0.1, 0.15) is 73.9 Å². The van der Waals surface area contributed by atoms with Crippen molar-refractivity contribution in [3.05, 3.63) is 89.5 Å². The molecule has 0 aliphatic carbocycles. The van der Waals surface area contributed by atoms with Gasteiger partial charge in [-0.2, -0.15) is 0 Å². The van der Waals surface area contributed by atoms with E-state index in [-0.39, 0.29) is 0 Å². The summed E-state index contributed by atoms with van der Waals surface area (Å²) in [6, 6.07) is 22.6. The van der Waals surface area contributed by atoms with E-state index in [1.165, 1.54) is 24.8 Å². The van der Waals surface area contributed by atoms with E-state index in [9.17, 15) is 4.79 Å². The second-order valence-corrected chi connectivity index (χ2v) is 8.40. The molecule has 0 atom stereocenters. The van der Waals surface area contributed by atoms with E-state index in [1.807, 2.05) is 36.4 Å². The summed E-state index contributed by atoms with van der Waals surface area (Å²) in [5.41, 5.74) is 3.62. The predicted octanol–water partition coefficient (Wildman–Crippen LogP) is 7.74. The molecule has 4 heteroatoms. The molecule has 0 saturated heterocycles. The van der Waals surface area contributed by atoms with Crippen LogP contribution in [-0.2, 0) is 0 Å². The molecule has 3 aromatic carbocycles. The van der Waals surface area contributed by atoms with Gasteiger partial charge in [0.05, 0.1) is 17.9 Å². The third-order valence-electron chi connectivity index (χ3n) is 5.37. The minimum absolute atomic E-state index is 0.392. The highest BCUT2D eigenvalue weighted by molar-refractivity contribution is 5.91. The van der Waals surface area contributed by atoms with Crippen molar-refractivity contribution < 1.29 is 14.3 Å². The number of carbonyl (C=O) groups is 1. The smallest absolute Gasteiger partial charge is 0.343 e. The maximum Gasteiger partial charge on any atom is 0.343 e. The second kappa shape index (κ2) is 12.6. The highest BCUT2D eigenvalue weighted by atomic mass is 16.5. The molecule has 0 aliphatic rings.